The monoisotopic (exact) mass is 1030 g/mol. The van der Waals surface area contributed by atoms with Crippen LogP contribution >= 0.6 is 0 Å². The summed E-state index contributed by atoms with van der Waals surface area (Å²) in [4.78, 5) is 26.5. The highest BCUT2D eigenvalue weighted by molar-refractivity contribution is 5.71. The van der Waals surface area contributed by atoms with E-state index in [-0.39, 0.29) is 5.91 Å². The molecular weight excluding hydrogens is 919 g/mol. The predicted octanol–water partition coefficient (Wildman–Crippen LogP) is 17.9. The van der Waals surface area contributed by atoms with Crippen LogP contribution in [0.4, 0.5) is 0 Å². The first-order valence-electron chi connectivity index (χ1n) is 29.9. The Morgan fingerprint density at radius 3 is 1.24 bits per heavy atom. The summed E-state index contributed by atoms with van der Waals surface area (Å²) < 4.78 is 5.69. The molecular formula is C65H111N3O6. The number of carbonyl (C=O) groups is 1. The normalized spacial score (nSPS) is 10.9. The first-order chi connectivity index (χ1) is 36.5. The first kappa shape index (κ1) is 70.1. The van der Waals surface area contributed by atoms with E-state index in [1.807, 2.05) is 86.2 Å². The van der Waals surface area contributed by atoms with Crippen molar-refractivity contribution in [3.63, 3.8) is 0 Å². The van der Waals surface area contributed by atoms with Gasteiger partial charge in [-0.25, -0.2) is 5.06 Å². The Balaban J connectivity index is 0.000000986. The van der Waals surface area contributed by atoms with Crippen molar-refractivity contribution >= 4 is 18.3 Å². The van der Waals surface area contributed by atoms with Gasteiger partial charge in [0.15, 0.2) is 0 Å². The topological polar surface area (TPSA) is 113 Å². The van der Waals surface area contributed by atoms with E-state index in [0.717, 1.165) is 69.3 Å². The second kappa shape index (κ2) is 60.0. The minimum atomic E-state index is -0.0134. The zero-order valence-electron chi connectivity index (χ0n) is 48.0. The van der Waals surface area contributed by atoms with E-state index < -0.39 is 0 Å². The Morgan fingerprint density at radius 1 is 0.459 bits per heavy atom. The fraction of sp³-hybridized carbons (Fsp3) is 0.677. The van der Waals surface area contributed by atoms with Crippen molar-refractivity contribution in [1.82, 2.24) is 5.06 Å². The van der Waals surface area contributed by atoms with Crippen molar-refractivity contribution < 1.29 is 29.4 Å². The fourth-order valence-electron chi connectivity index (χ4n) is 8.09. The number of hydrogen-bond acceptors (Lipinski definition) is 8. The Kier molecular flexibility index (Phi) is 56.8. The Morgan fingerprint density at radius 2 is 0.824 bits per heavy atom. The summed E-state index contributed by atoms with van der Waals surface area (Å²) >= 11 is 0. The molecule has 9 nitrogen and oxygen atoms in total. The van der Waals surface area contributed by atoms with Crippen LogP contribution in [-0.2, 0) is 39.0 Å². The molecule has 0 radical (unpaired) electrons. The highest BCUT2D eigenvalue weighted by Crippen LogP contribution is 2.13. The molecule has 3 aromatic rings. The van der Waals surface area contributed by atoms with Crippen LogP contribution < -0.4 is 0 Å². The molecule has 0 saturated heterocycles. The molecule has 0 bridgehead atoms. The van der Waals surface area contributed by atoms with Gasteiger partial charge in [0.2, 0.25) is 5.91 Å². The maximum atomic E-state index is 11.6. The summed E-state index contributed by atoms with van der Waals surface area (Å²) in [5.74, 6) is -0.0134. The molecule has 0 saturated carbocycles. The number of aliphatic hydroxyl groups is 2. The van der Waals surface area contributed by atoms with Crippen LogP contribution in [0, 0.1) is 0 Å². The SMILES string of the molecule is CCCCCCCCCCCCOCc1ccccc1.CCCCCCCCCCCN(OCc1ccccc1)C(C)=O.CN=CCCCCCCC/C=N/OCc1ccccc1.OCCCCCCCCCO. The quantitative estimate of drug-likeness (QED) is 0.0331. The highest BCUT2D eigenvalue weighted by atomic mass is 16.7. The number of ether oxygens (including phenoxy) is 1. The van der Waals surface area contributed by atoms with Crippen molar-refractivity contribution in [2.75, 3.05) is 33.4 Å². The van der Waals surface area contributed by atoms with Gasteiger partial charge >= 0.3 is 0 Å². The molecule has 3 aromatic carbocycles. The van der Waals surface area contributed by atoms with E-state index in [0.29, 0.717) is 33.0 Å². The van der Waals surface area contributed by atoms with Crippen molar-refractivity contribution in [1.29, 1.82) is 0 Å². The molecule has 0 spiro atoms. The number of nitrogens with zero attached hydrogens (tertiary/aromatic N) is 3. The van der Waals surface area contributed by atoms with Crippen molar-refractivity contribution in [2.45, 2.75) is 252 Å². The van der Waals surface area contributed by atoms with Crippen LogP contribution in [0.2, 0.25) is 0 Å². The molecule has 74 heavy (non-hydrogen) atoms. The largest absolute Gasteiger partial charge is 0.396 e. The van der Waals surface area contributed by atoms with Crippen molar-refractivity contribution in [3.8, 4) is 0 Å². The lowest BCUT2D eigenvalue weighted by Gasteiger charge is -2.20. The summed E-state index contributed by atoms with van der Waals surface area (Å²) in [5, 5.41) is 22.4. The highest BCUT2D eigenvalue weighted by Gasteiger charge is 2.09. The summed E-state index contributed by atoms with van der Waals surface area (Å²) in [6.45, 7) is 10.1. The number of aliphatic imine (C=N–C) groups is 1. The van der Waals surface area contributed by atoms with Crippen molar-refractivity contribution in [2.24, 2.45) is 10.1 Å². The molecule has 2 N–H and O–H groups in total. The zero-order chi connectivity index (χ0) is 53.7. The molecule has 0 aromatic heterocycles. The van der Waals surface area contributed by atoms with Gasteiger partial charge in [-0.3, -0.25) is 9.63 Å². The minimum absolute atomic E-state index is 0.0134. The van der Waals surface area contributed by atoms with E-state index >= 15 is 0 Å². The van der Waals surface area contributed by atoms with Gasteiger partial charge in [-0.1, -0.05) is 271 Å². The second-order valence-corrected chi connectivity index (χ2v) is 19.7. The number of carbonyl (C=O) groups excluding carboxylic acids is 1. The standard InChI is InChI=1S/C20H33NO2.C19H32O.C17H26N2O.C9H20O2/c1-3-4-5-6-7-8-9-10-14-17-21(19(2)22)23-18-20-15-12-11-13-16-20;1-2-3-4-5-6-7-8-9-10-14-17-20-18-19-15-12-11-13-16-19;1-18-14-10-5-3-2-4-6-11-15-19-20-16-17-12-8-7-9-13-17;10-8-6-4-2-1-3-5-7-9-11/h11-13,15-16H,3-10,14,17-18H2,1-2H3;11-13,15-16H,2-10,14,17-18H2,1H3;7-9,12-15H,2-6,10-11,16H2,1H3;10-11H,1-9H2/b;;18-14?,19-15+;. The number of aliphatic hydroxyl groups excluding tert-OH is 2. The van der Waals surface area contributed by atoms with Crippen LogP contribution in [0.5, 0.6) is 0 Å². The lowest BCUT2D eigenvalue weighted by Crippen LogP contribution is -2.29. The average Bonchev–Trinajstić information content (AvgIpc) is 3.43. The molecule has 9 heteroatoms. The van der Waals surface area contributed by atoms with Crippen LogP contribution in [0.25, 0.3) is 0 Å². The van der Waals surface area contributed by atoms with E-state index in [9.17, 15) is 4.79 Å². The summed E-state index contributed by atoms with van der Waals surface area (Å²) in [5.41, 5.74) is 3.52. The van der Waals surface area contributed by atoms with E-state index in [1.165, 1.54) is 178 Å². The smallest absolute Gasteiger partial charge is 0.243 e. The number of hydroxylamine groups is 2. The number of benzene rings is 3. The molecule has 0 fully saturated rings. The molecule has 0 aliphatic rings. The molecule has 0 atom stereocenters. The molecule has 422 valence electrons. The third-order valence-electron chi connectivity index (χ3n) is 12.7. The van der Waals surface area contributed by atoms with Gasteiger partial charge in [0.05, 0.1) is 6.61 Å². The molecule has 3 rings (SSSR count). The fourth-order valence-corrected chi connectivity index (χ4v) is 8.09. The molecule has 0 aliphatic heterocycles. The average molecular weight is 1030 g/mol. The Labute approximate surface area is 454 Å². The number of unbranched alkanes of at least 4 members (excludes halogenated alkanes) is 29. The lowest BCUT2D eigenvalue weighted by molar-refractivity contribution is -0.189. The van der Waals surface area contributed by atoms with Gasteiger partial charge in [-0.15, -0.1) is 0 Å². The Bertz CT molecular complexity index is 1570. The minimum Gasteiger partial charge on any atom is -0.396 e. The number of hydrogen-bond donors (Lipinski definition) is 2. The Hall–Kier alpha value is -3.89. The first-order valence-corrected chi connectivity index (χ1v) is 29.9. The third-order valence-corrected chi connectivity index (χ3v) is 12.7. The second-order valence-electron chi connectivity index (χ2n) is 19.7. The number of rotatable bonds is 45. The van der Waals surface area contributed by atoms with Crippen LogP contribution in [0.3, 0.4) is 0 Å². The lowest BCUT2D eigenvalue weighted by atomic mass is 10.1. The van der Waals surface area contributed by atoms with E-state index in [4.69, 9.17) is 24.6 Å². The predicted molar refractivity (Wildman–Crippen MR) is 317 cm³/mol. The van der Waals surface area contributed by atoms with Gasteiger partial charge in [0.1, 0.15) is 13.2 Å². The number of amides is 1. The molecule has 0 unspecified atom stereocenters. The van der Waals surface area contributed by atoms with Gasteiger partial charge < -0.3 is 24.8 Å². The molecule has 0 aliphatic carbocycles. The van der Waals surface area contributed by atoms with Crippen LogP contribution in [0.15, 0.2) is 101 Å². The van der Waals surface area contributed by atoms with Crippen molar-refractivity contribution in [3.05, 3.63) is 108 Å². The van der Waals surface area contributed by atoms with Gasteiger partial charge in [-0.05, 0) is 74.3 Å². The maximum Gasteiger partial charge on any atom is 0.243 e. The van der Waals surface area contributed by atoms with Gasteiger partial charge in [0, 0.05) is 46.6 Å². The third kappa shape index (κ3) is 53.0. The van der Waals surface area contributed by atoms with E-state index in [2.05, 4.69) is 48.3 Å². The maximum absolute atomic E-state index is 11.6. The van der Waals surface area contributed by atoms with Gasteiger partial charge in [-0.2, -0.15) is 0 Å². The molecule has 0 heterocycles. The summed E-state index contributed by atoms with van der Waals surface area (Å²) in [6, 6.07) is 30.5. The zero-order valence-corrected chi connectivity index (χ0v) is 48.0. The number of oxime groups is 1. The van der Waals surface area contributed by atoms with E-state index in [1.54, 1.807) is 6.92 Å². The summed E-state index contributed by atoms with van der Waals surface area (Å²) in [6.07, 6.45) is 45.6. The van der Waals surface area contributed by atoms with Crippen LogP contribution in [-0.4, -0.2) is 67.0 Å². The van der Waals surface area contributed by atoms with Gasteiger partial charge in [0.25, 0.3) is 0 Å². The molecule has 1 amide bonds. The van der Waals surface area contributed by atoms with Crippen LogP contribution in [0.1, 0.15) is 249 Å². The summed E-state index contributed by atoms with van der Waals surface area (Å²) in [7, 11) is 1.83.